The fourth-order valence-electron chi connectivity index (χ4n) is 1.87. The van der Waals surface area contributed by atoms with Gasteiger partial charge in [-0.2, -0.15) is 5.26 Å². The smallest absolute Gasteiger partial charge is 0.191 e. The van der Waals surface area contributed by atoms with Crippen LogP contribution in [0.5, 0.6) is 0 Å². The predicted octanol–water partition coefficient (Wildman–Crippen LogP) is 2.83. The average molecular weight is 421 g/mol. The summed E-state index contributed by atoms with van der Waals surface area (Å²) in [5, 5.41) is 15.2. The number of aliphatic imine (C=N–C) groups is 1. The number of nitrogens with zero attached hydrogens (tertiary/aromatic N) is 3. The summed E-state index contributed by atoms with van der Waals surface area (Å²) in [5.41, 5.74) is 2.69. The van der Waals surface area contributed by atoms with Crippen molar-refractivity contribution in [2.75, 3.05) is 6.54 Å². The summed E-state index contributed by atoms with van der Waals surface area (Å²) in [7, 11) is 0. The molecule has 2 rings (SSSR count). The van der Waals surface area contributed by atoms with Crippen molar-refractivity contribution >= 4 is 29.9 Å². The molecule has 2 aromatic rings. The molecule has 0 unspecified atom stereocenters. The van der Waals surface area contributed by atoms with Crippen molar-refractivity contribution in [3.63, 3.8) is 0 Å². The van der Waals surface area contributed by atoms with Gasteiger partial charge in [0.25, 0.3) is 0 Å². The molecule has 0 saturated carbocycles. The molecule has 0 saturated heterocycles. The van der Waals surface area contributed by atoms with Crippen LogP contribution in [-0.4, -0.2) is 17.5 Å². The van der Waals surface area contributed by atoms with E-state index in [0.29, 0.717) is 18.7 Å². The van der Waals surface area contributed by atoms with Crippen LogP contribution in [0.4, 0.5) is 0 Å². The summed E-state index contributed by atoms with van der Waals surface area (Å²) in [6, 6.07) is 15.4. The number of nitriles is 1. The average Bonchev–Trinajstić information content (AvgIpc) is 2.59. The second kappa shape index (κ2) is 10.6. The summed E-state index contributed by atoms with van der Waals surface area (Å²) >= 11 is 0. The Labute approximate surface area is 153 Å². The third kappa shape index (κ3) is 6.65. The van der Waals surface area contributed by atoms with Crippen molar-refractivity contribution < 1.29 is 0 Å². The number of guanidine groups is 1. The maximum Gasteiger partial charge on any atom is 0.191 e. The van der Waals surface area contributed by atoms with Gasteiger partial charge >= 0.3 is 0 Å². The molecule has 1 heterocycles. The Morgan fingerprint density at radius 2 is 1.96 bits per heavy atom. The van der Waals surface area contributed by atoms with Gasteiger partial charge in [0.15, 0.2) is 5.96 Å². The van der Waals surface area contributed by atoms with Gasteiger partial charge in [-0.25, -0.2) is 4.99 Å². The quantitative estimate of drug-likeness (QED) is 0.443. The molecule has 0 aliphatic rings. The van der Waals surface area contributed by atoms with Gasteiger partial charge in [-0.05, 0) is 36.8 Å². The highest BCUT2D eigenvalue weighted by molar-refractivity contribution is 14.0. The SMILES string of the molecule is CCNC(=NCc1ccc(C#N)cc1)NCc1ccccn1.I. The molecule has 1 aromatic heterocycles. The van der Waals surface area contributed by atoms with Gasteiger partial charge in [0.05, 0.1) is 30.4 Å². The van der Waals surface area contributed by atoms with Gasteiger partial charge in [0.1, 0.15) is 0 Å². The third-order valence-electron chi connectivity index (χ3n) is 3.01. The molecule has 0 radical (unpaired) electrons. The number of hydrogen-bond donors (Lipinski definition) is 2. The highest BCUT2D eigenvalue weighted by Gasteiger charge is 1.99. The highest BCUT2D eigenvalue weighted by atomic mass is 127. The van der Waals surface area contributed by atoms with Gasteiger partial charge < -0.3 is 10.6 Å². The lowest BCUT2D eigenvalue weighted by molar-refractivity contribution is 0.799. The Morgan fingerprint density at radius 3 is 2.57 bits per heavy atom. The number of hydrogen-bond acceptors (Lipinski definition) is 3. The van der Waals surface area contributed by atoms with E-state index >= 15 is 0 Å². The highest BCUT2D eigenvalue weighted by Crippen LogP contribution is 2.04. The van der Waals surface area contributed by atoms with Crippen LogP contribution in [0.1, 0.15) is 23.7 Å². The van der Waals surface area contributed by atoms with Crippen LogP contribution < -0.4 is 10.6 Å². The molecule has 5 nitrogen and oxygen atoms in total. The fourth-order valence-corrected chi connectivity index (χ4v) is 1.87. The van der Waals surface area contributed by atoms with Gasteiger partial charge in [-0.3, -0.25) is 4.98 Å². The second-order valence-corrected chi connectivity index (χ2v) is 4.68. The summed E-state index contributed by atoms with van der Waals surface area (Å²) in [5.74, 6) is 0.748. The summed E-state index contributed by atoms with van der Waals surface area (Å²) < 4.78 is 0. The summed E-state index contributed by atoms with van der Waals surface area (Å²) in [6.45, 7) is 4.00. The first-order valence-corrected chi connectivity index (χ1v) is 7.23. The molecule has 0 amide bonds. The van der Waals surface area contributed by atoms with Crippen LogP contribution in [0.3, 0.4) is 0 Å². The fraction of sp³-hybridized carbons (Fsp3) is 0.235. The van der Waals surface area contributed by atoms with Gasteiger partial charge in [0, 0.05) is 12.7 Å². The van der Waals surface area contributed by atoms with E-state index in [1.54, 1.807) is 18.3 Å². The minimum atomic E-state index is 0. The number of pyridine rings is 1. The van der Waals surface area contributed by atoms with Crippen molar-refractivity contribution in [1.82, 2.24) is 15.6 Å². The molecule has 0 aliphatic heterocycles. The molecule has 6 heteroatoms. The van der Waals surface area contributed by atoms with E-state index in [-0.39, 0.29) is 24.0 Å². The van der Waals surface area contributed by atoms with Gasteiger partial charge in [-0.15, -0.1) is 24.0 Å². The zero-order valence-electron chi connectivity index (χ0n) is 13.0. The van der Waals surface area contributed by atoms with E-state index in [1.807, 2.05) is 37.3 Å². The van der Waals surface area contributed by atoms with Crippen LogP contribution in [0.25, 0.3) is 0 Å². The van der Waals surface area contributed by atoms with Crippen LogP contribution in [0.2, 0.25) is 0 Å². The Kier molecular flexibility index (Phi) is 8.68. The first-order valence-electron chi connectivity index (χ1n) is 7.23. The Bertz CT molecular complexity index is 647. The van der Waals surface area contributed by atoms with E-state index in [0.717, 1.165) is 23.8 Å². The van der Waals surface area contributed by atoms with Crippen molar-refractivity contribution in [3.05, 3.63) is 65.5 Å². The van der Waals surface area contributed by atoms with Gasteiger partial charge in [0.2, 0.25) is 0 Å². The molecule has 2 N–H and O–H groups in total. The lowest BCUT2D eigenvalue weighted by atomic mass is 10.1. The van der Waals surface area contributed by atoms with E-state index in [2.05, 4.69) is 26.7 Å². The normalized spacial score (nSPS) is 10.3. The zero-order valence-corrected chi connectivity index (χ0v) is 15.3. The standard InChI is InChI=1S/C17H19N5.HI/c1-2-19-17(22-13-16-5-3-4-10-20-16)21-12-15-8-6-14(11-18)7-9-15;/h3-10H,2,12-13H2,1H3,(H2,19,21,22);1H. The largest absolute Gasteiger partial charge is 0.357 e. The minimum absolute atomic E-state index is 0. The van der Waals surface area contributed by atoms with E-state index in [9.17, 15) is 0 Å². The van der Waals surface area contributed by atoms with Crippen molar-refractivity contribution in [1.29, 1.82) is 5.26 Å². The molecule has 0 spiro atoms. The maximum atomic E-state index is 8.79. The van der Waals surface area contributed by atoms with E-state index in [4.69, 9.17) is 5.26 Å². The molecule has 0 bridgehead atoms. The summed E-state index contributed by atoms with van der Waals surface area (Å²) in [6.07, 6.45) is 1.78. The number of rotatable bonds is 5. The minimum Gasteiger partial charge on any atom is -0.357 e. The third-order valence-corrected chi connectivity index (χ3v) is 3.01. The molecule has 23 heavy (non-hydrogen) atoms. The van der Waals surface area contributed by atoms with E-state index < -0.39 is 0 Å². The Balaban J connectivity index is 0.00000264. The number of halogens is 1. The van der Waals surface area contributed by atoms with Crippen molar-refractivity contribution in [2.24, 2.45) is 4.99 Å². The molecule has 120 valence electrons. The number of nitrogens with one attached hydrogen (secondary N) is 2. The molecule has 0 atom stereocenters. The van der Waals surface area contributed by atoms with Crippen molar-refractivity contribution in [3.8, 4) is 6.07 Å². The number of benzene rings is 1. The molecule has 1 aromatic carbocycles. The molecular formula is C17H20IN5. The van der Waals surface area contributed by atoms with Crippen LogP contribution in [0.15, 0.2) is 53.7 Å². The molecular weight excluding hydrogens is 401 g/mol. The lowest BCUT2D eigenvalue weighted by Crippen LogP contribution is -2.36. The second-order valence-electron chi connectivity index (χ2n) is 4.68. The monoisotopic (exact) mass is 421 g/mol. The lowest BCUT2D eigenvalue weighted by Gasteiger charge is -2.11. The van der Waals surface area contributed by atoms with Crippen LogP contribution >= 0.6 is 24.0 Å². The first kappa shape index (κ1) is 18.9. The maximum absolute atomic E-state index is 8.79. The number of aromatic nitrogens is 1. The first-order chi connectivity index (χ1) is 10.8. The van der Waals surface area contributed by atoms with Crippen LogP contribution in [0, 0.1) is 11.3 Å². The molecule has 0 aliphatic carbocycles. The van der Waals surface area contributed by atoms with E-state index in [1.165, 1.54) is 0 Å². The molecule has 0 fully saturated rings. The Hall–Kier alpha value is -2.14. The summed E-state index contributed by atoms with van der Waals surface area (Å²) in [4.78, 5) is 8.81. The van der Waals surface area contributed by atoms with Crippen LogP contribution in [-0.2, 0) is 13.1 Å². The Morgan fingerprint density at radius 1 is 1.17 bits per heavy atom. The van der Waals surface area contributed by atoms with Gasteiger partial charge in [-0.1, -0.05) is 18.2 Å². The van der Waals surface area contributed by atoms with Crippen molar-refractivity contribution in [2.45, 2.75) is 20.0 Å². The predicted molar refractivity (Wildman–Crippen MR) is 102 cm³/mol. The zero-order chi connectivity index (χ0) is 15.6. The topological polar surface area (TPSA) is 73.1 Å².